The van der Waals surface area contributed by atoms with Gasteiger partial charge < -0.3 is 16.2 Å². The first kappa shape index (κ1) is 15.5. The number of phenolic OH excluding ortho intramolecular Hbond substituents is 1. The number of aryl methyl sites for hydroxylation is 1. The number of nitrogens with one attached hydrogen (secondary N) is 1. The van der Waals surface area contributed by atoms with Crippen molar-refractivity contribution in [2.24, 2.45) is 5.73 Å². The minimum atomic E-state index is -0.253. The molecular formula is C15H13BrN2O2S. The van der Waals surface area contributed by atoms with Gasteiger partial charge in [-0.1, -0.05) is 12.2 Å². The molecule has 0 aliphatic rings. The van der Waals surface area contributed by atoms with E-state index in [4.69, 9.17) is 18.0 Å². The van der Waals surface area contributed by atoms with Gasteiger partial charge in [-0.2, -0.15) is 0 Å². The van der Waals surface area contributed by atoms with Crippen molar-refractivity contribution in [3.63, 3.8) is 0 Å². The molecule has 4 N–H and O–H groups in total. The van der Waals surface area contributed by atoms with Gasteiger partial charge in [0.15, 0.2) is 0 Å². The lowest BCUT2D eigenvalue weighted by Crippen LogP contribution is -2.14. The number of aromatic hydroxyl groups is 1. The van der Waals surface area contributed by atoms with Crippen molar-refractivity contribution in [2.45, 2.75) is 6.92 Å². The van der Waals surface area contributed by atoms with Crippen LogP contribution in [-0.4, -0.2) is 16.0 Å². The lowest BCUT2D eigenvalue weighted by molar-refractivity contribution is 0.102. The van der Waals surface area contributed by atoms with Gasteiger partial charge in [-0.15, -0.1) is 0 Å². The predicted molar refractivity (Wildman–Crippen MR) is 90.8 cm³/mol. The van der Waals surface area contributed by atoms with Crippen LogP contribution >= 0.6 is 28.1 Å². The number of thiocarbonyl (C=S) groups is 1. The maximum atomic E-state index is 12.3. The fourth-order valence-electron chi connectivity index (χ4n) is 1.86. The number of benzene rings is 2. The lowest BCUT2D eigenvalue weighted by Gasteiger charge is -2.10. The van der Waals surface area contributed by atoms with E-state index in [1.807, 2.05) is 0 Å². The Morgan fingerprint density at radius 2 is 2.00 bits per heavy atom. The van der Waals surface area contributed by atoms with Crippen LogP contribution in [-0.2, 0) is 0 Å². The van der Waals surface area contributed by atoms with Gasteiger partial charge in [0.05, 0.1) is 5.69 Å². The largest absolute Gasteiger partial charge is 0.508 e. The Morgan fingerprint density at radius 3 is 2.57 bits per heavy atom. The first-order valence-corrected chi connectivity index (χ1v) is 7.29. The first-order chi connectivity index (χ1) is 9.88. The topological polar surface area (TPSA) is 75.3 Å². The van der Waals surface area contributed by atoms with Gasteiger partial charge >= 0.3 is 0 Å². The zero-order valence-corrected chi connectivity index (χ0v) is 13.6. The number of carbonyl (C=O) groups is 1. The molecule has 0 spiro atoms. The Hall–Kier alpha value is -1.92. The van der Waals surface area contributed by atoms with Crippen LogP contribution in [0.15, 0.2) is 40.9 Å². The van der Waals surface area contributed by atoms with Crippen molar-refractivity contribution in [3.8, 4) is 5.75 Å². The second-order valence-corrected chi connectivity index (χ2v) is 5.81. The molecule has 2 aromatic rings. The summed E-state index contributed by atoms with van der Waals surface area (Å²) in [6.07, 6.45) is 0. The molecule has 0 aliphatic heterocycles. The normalized spacial score (nSPS) is 10.2. The van der Waals surface area contributed by atoms with E-state index in [1.165, 1.54) is 6.07 Å². The molecule has 0 atom stereocenters. The Morgan fingerprint density at radius 1 is 1.29 bits per heavy atom. The Labute approximate surface area is 136 Å². The van der Waals surface area contributed by atoms with E-state index < -0.39 is 0 Å². The molecule has 1 amide bonds. The van der Waals surface area contributed by atoms with E-state index in [0.29, 0.717) is 26.3 Å². The summed E-state index contributed by atoms with van der Waals surface area (Å²) in [7, 11) is 0. The average Bonchev–Trinajstić information content (AvgIpc) is 2.40. The smallest absolute Gasteiger partial charge is 0.255 e. The summed E-state index contributed by atoms with van der Waals surface area (Å²) < 4.78 is 0.692. The minimum Gasteiger partial charge on any atom is -0.508 e. The summed E-state index contributed by atoms with van der Waals surface area (Å²) in [5, 5.41) is 12.2. The van der Waals surface area contributed by atoms with E-state index in [2.05, 4.69) is 21.2 Å². The van der Waals surface area contributed by atoms with Crippen LogP contribution < -0.4 is 11.1 Å². The third kappa shape index (κ3) is 3.59. The third-order valence-electron chi connectivity index (χ3n) is 2.96. The monoisotopic (exact) mass is 364 g/mol. The molecule has 21 heavy (non-hydrogen) atoms. The molecule has 0 radical (unpaired) electrons. The van der Waals surface area contributed by atoms with Gasteiger partial charge in [0.25, 0.3) is 5.91 Å². The fourth-order valence-corrected chi connectivity index (χ4v) is 2.47. The summed E-state index contributed by atoms with van der Waals surface area (Å²) >= 11 is 8.28. The average molecular weight is 365 g/mol. The zero-order valence-electron chi connectivity index (χ0n) is 11.2. The molecule has 0 aromatic heterocycles. The van der Waals surface area contributed by atoms with Crippen LogP contribution in [0.25, 0.3) is 0 Å². The predicted octanol–water partition coefficient (Wildman–Crippen LogP) is 3.35. The highest BCUT2D eigenvalue weighted by molar-refractivity contribution is 9.10. The Bertz CT molecular complexity index is 732. The SMILES string of the molecule is Cc1cc(O)ccc1C(=O)Nc1ccc(C(N)=S)cc1Br. The molecule has 0 saturated carbocycles. The van der Waals surface area contributed by atoms with Crippen LogP contribution in [0.4, 0.5) is 5.69 Å². The second-order valence-electron chi connectivity index (χ2n) is 4.51. The number of nitrogens with two attached hydrogens (primary N) is 1. The van der Waals surface area contributed by atoms with Crippen molar-refractivity contribution >= 4 is 44.7 Å². The summed E-state index contributed by atoms with van der Waals surface area (Å²) in [6, 6.07) is 9.82. The summed E-state index contributed by atoms with van der Waals surface area (Å²) in [4.78, 5) is 12.5. The second kappa shape index (κ2) is 6.24. The van der Waals surface area contributed by atoms with Gasteiger partial charge in [0.2, 0.25) is 0 Å². The van der Waals surface area contributed by atoms with E-state index in [1.54, 1.807) is 37.3 Å². The van der Waals surface area contributed by atoms with E-state index in [9.17, 15) is 9.90 Å². The molecule has 0 saturated heterocycles. The Kier molecular flexibility index (Phi) is 4.59. The highest BCUT2D eigenvalue weighted by Gasteiger charge is 2.12. The van der Waals surface area contributed by atoms with Crippen molar-refractivity contribution in [2.75, 3.05) is 5.32 Å². The lowest BCUT2D eigenvalue weighted by atomic mass is 10.1. The fraction of sp³-hybridized carbons (Fsp3) is 0.0667. The number of hydrogen-bond acceptors (Lipinski definition) is 3. The standard InChI is InChI=1S/C15H13BrN2O2S/c1-8-6-10(19)3-4-11(8)15(20)18-13-5-2-9(14(17)21)7-12(13)16/h2-7,19H,1H3,(H2,17,21)(H,18,20). The van der Waals surface area contributed by atoms with Crippen molar-refractivity contribution in [1.29, 1.82) is 0 Å². The van der Waals surface area contributed by atoms with E-state index >= 15 is 0 Å². The van der Waals surface area contributed by atoms with Crippen LogP contribution in [0.5, 0.6) is 5.75 Å². The van der Waals surface area contributed by atoms with Crippen LogP contribution in [0.2, 0.25) is 0 Å². The number of phenols is 1. The molecular weight excluding hydrogens is 352 g/mol. The number of hydrogen-bond donors (Lipinski definition) is 3. The number of amides is 1. The molecule has 0 unspecified atom stereocenters. The van der Waals surface area contributed by atoms with Gasteiger partial charge in [0, 0.05) is 15.6 Å². The van der Waals surface area contributed by atoms with Gasteiger partial charge in [-0.25, -0.2) is 0 Å². The quantitative estimate of drug-likeness (QED) is 0.730. The van der Waals surface area contributed by atoms with Crippen LogP contribution in [0.1, 0.15) is 21.5 Å². The molecule has 6 heteroatoms. The molecule has 0 aliphatic carbocycles. The van der Waals surface area contributed by atoms with Gasteiger partial charge in [0.1, 0.15) is 10.7 Å². The molecule has 0 heterocycles. The third-order valence-corrected chi connectivity index (χ3v) is 3.85. The van der Waals surface area contributed by atoms with Crippen molar-refractivity contribution in [3.05, 3.63) is 57.6 Å². The molecule has 108 valence electrons. The number of carbonyl (C=O) groups excluding carboxylic acids is 1. The maximum absolute atomic E-state index is 12.3. The number of halogens is 1. The van der Waals surface area contributed by atoms with E-state index in [-0.39, 0.29) is 11.7 Å². The molecule has 0 bridgehead atoms. The first-order valence-electron chi connectivity index (χ1n) is 6.09. The van der Waals surface area contributed by atoms with Crippen molar-refractivity contribution in [1.82, 2.24) is 0 Å². The van der Waals surface area contributed by atoms with Crippen LogP contribution in [0, 0.1) is 6.92 Å². The molecule has 0 fully saturated rings. The van der Waals surface area contributed by atoms with Crippen molar-refractivity contribution < 1.29 is 9.90 Å². The highest BCUT2D eigenvalue weighted by atomic mass is 79.9. The van der Waals surface area contributed by atoms with Gasteiger partial charge in [-0.3, -0.25) is 4.79 Å². The highest BCUT2D eigenvalue weighted by Crippen LogP contribution is 2.25. The summed E-state index contributed by atoms with van der Waals surface area (Å²) in [5.74, 6) is -0.123. The maximum Gasteiger partial charge on any atom is 0.255 e. The molecule has 4 nitrogen and oxygen atoms in total. The zero-order chi connectivity index (χ0) is 15.6. The summed E-state index contributed by atoms with van der Waals surface area (Å²) in [5.41, 5.74) is 8.09. The number of anilines is 1. The Balaban J connectivity index is 2.25. The summed E-state index contributed by atoms with van der Waals surface area (Å²) in [6.45, 7) is 1.76. The molecule has 2 aromatic carbocycles. The molecule has 2 rings (SSSR count). The van der Waals surface area contributed by atoms with Gasteiger partial charge in [-0.05, 0) is 64.8 Å². The number of rotatable bonds is 3. The minimum absolute atomic E-state index is 0.131. The van der Waals surface area contributed by atoms with Crippen LogP contribution in [0.3, 0.4) is 0 Å². The van der Waals surface area contributed by atoms with E-state index in [0.717, 1.165) is 5.56 Å².